The van der Waals surface area contributed by atoms with Crippen LogP contribution in [0.2, 0.25) is 0 Å². The van der Waals surface area contributed by atoms with Gasteiger partial charge in [-0.15, -0.1) is 0 Å². The molecule has 0 spiro atoms. The van der Waals surface area contributed by atoms with Gasteiger partial charge in [0.2, 0.25) is 5.91 Å². The van der Waals surface area contributed by atoms with E-state index in [0.717, 1.165) is 32.4 Å². The summed E-state index contributed by atoms with van der Waals surface area (Å²) >= 11 is 0. The van der Waals surface area contributed by atoms with Crippen molar-refractivity contribution >= 4 is 5.91 Å². The topological polar surface area (TPSA) is 46.3 Å². The van der Waals surface area contributed by atoms with Gasteiger partial charge < -0.3 is 10.6 Å². The highest BCUT2D eigenvalue weighted by Crippen LogP contribution is 2.27. The lowest BCUT2D eigenvalue weighted by molar-refractivity contribution is -0.134. The number of likely N-dealkylation sites (tertiary alicyclic amines) is 1. The van der Waals surface area contributed by atoms with E-state index in [4.69, 9.17) is 5.73 Å². The Balaban J connectivity index is 1.89. The lowest BCUT2D eigenvalue weighted by Gasteiger charge is -2.19. The number of carbonyl (C=O) groups excluding carboxylic acids is 1. The fraction of sp³-hybridized carbons (Fsp3) is 0.900. The minimum atomic E-state index is 0.227. The minimum absolute atomic E-state index is 0.227. The Hall–Kier alpha value is -0.570. The van der Waals surface area contributed by atoms with E-state index >= 15 is 0 Å². The van der Waals surface area contributed by atoms with Crippen LogP contribution in [-0.4, -0.2) is 29.9 Å². The molecule has 0 radical (unpaired) electrons. The van der Waals surface area contributed by atoms with E-state index in [2.05, 4.69) is 0 Å². The molecule has 1 saturated heterocycles. The van der Waals surface area contributed by atoms with E-state index < -0.39 is 0 Å². The summed E-state index contributed by atoms with van der Waals surface area (Å²) in [6, 6.07) is 0.227. The van der Waals surface area contributed by atoms with Crippen LogP contribution in [0.1, 0.15) is 32.1 Å². The maximum Gasteiger partial charge on any atom is 0.225 e. The zero-order chi connectivity index (χ0) is 9.26. The Morgan fingerprint density at radius 3 is 2.46 bits per heavy atom. The largest absolute Gasteiger partial charge is 0.341 e. The first-order valence-electron chi connectivity index (χ1n) is 5.32. The molecular weight excluding hydrogens is 164 g/mol. The molecule has 1 amide bonds. The summed E-state index contributed by atoms with van der Waals surface area (Å²) in [5, 5.41) is 0. The van der Waals surface area contributed by atoms with Gasteiger partial charge in [0.25, 0.3) is 0 Å². The van der Waals surface area contributed by atoms with Crippen molar-refractivity contribution in [1.82, 2.24) is 4.90 Å². The molecule has 0 aromatic rings. The van der Waals surface area contributed by atoms with Crippen molar-refractivity contribution in [2.75, 3.05) is 13.1 Å². The molecule has 1 heterocycles. The first-order valence-corrected chi connectivity index (χ1v) is 5.32. The SMILES string of the molecule is NC1CCN(C(=O)C2CCCC2)C1. The van der Waals surface area contributed by atoms with Gasteiger partial charge >= 0.3 is 0 Å². The number of amides is 1. The molecule has 3 nitrogen and oxygen atoms in total. The standard InChI is InChI=1S/C10H18N2O/c11-9-5-6-12(7-9)10(13)8-3-1-2-4-8/h8-9H,1-7,11H2. The summed E-state index contributed by atoms with van der Waals surface area (Å²) in [5.74, 6) is 0.691. The van der Waals surface area contributed by atoms with Crippen LogP contribution >= 0.6 is 0 Å². The van der Waals surface area contributed by atoms with Crippen molar-refractivity contribution in [2.45, 2.75) is 38.1 Å². The maximum atomic E-state index is 11.9. The molecular formula is C10H18N2O. The van der Waals surface area contributed by atoms with Gasteiger partial charge in [0.15, 0.2) is 0 Å². The quantitative estimate of drug-likeness (QED) is 0.650. The smallest absolute Gasteiger partial charge is 0.225 e. The average molecular weight is 182 g/mol. The highest BCUT2D eigenvalue weighted by Gasteiger charge is 2.30. The molecule has 2 fully saturated rings. The Morgan fingerprint density at radius 1 is 1.23 bits per heavy atom. The molecule has 0 bridgehead atoms. The normalized spacial score (nSPS) is 29.9. The monoisotopic (exact) mass is 182 g/mol. The number of carbonyl (C=O) groups is 1. The minimum Gasteiger partial charge on any atom is -0.341 e. The number of nitrogens with zero attached hydrogens (tertiary/aromatic N) is 1. The predicted octanol–water partition coefficient (Wildman–Crippen LogP) is 0.736. The molecule has 2 aliphatic rings. The second-order valence-electron chi connectivity index (χ2n) is 4.31. The van der Waals surface area contributed by atoms with Crippen LogP contribution in [0.3, 0.4) is 0 Å². The van der Waals surface area contributed by atoms with Crippen molar-refractivity contribution in [3.63, 3.8) is 0 Å². The van der Waals surface area contributed by atoms with Gasteiger partial charge in [-0.3, -0.25) is 4.79 Å². The van der Waals surface area contributed by atoms with Gasteiger partial charge in [-0.05, 0) is 19.3 Å². The molecule has 1 aliphatic heterocycles. The van der Waals surface area contributed by atoms with Crippen molar-refractivity contribution < 1.29 is 4.79 Å². The van der Waals surface area contributed by atoms with Crippen molar-refractivity contribution in [2.24, 2.45) is 11.7 Å². The van der Waals surface area contributed by atoms with Gasteiger partial charge in [0, 0.05) is 25.0 Å². The number of hydrogen-bond donors (Lipinski definition) is 1. The predicted molar refractivity (Wildman–Crippen MR) is 51.1 cm³/mol. The van der Waals surface area contributed by atoms with Crippen LogP contribution in [0.15, 0.2) is 0 Å². The van der Waals surface area contributed by atoms with Gasteiger partial charge in [-0.1, -0.05) is 12.8 Å². The van der Waals surface area contributed by atoms with E-state index in [9.17, 15) is 4.79 Å². The number of nitrogens with two attached hydrogens (primary N) is 1. The van der Waals surface area contributed by atoms with E-state index in [1.54, 1.807) is 0 Å². The van der Waals surface area contributed by atoms with Crippen molar-refractivity contribution in [3.8, 4) is 0 Å². The van der Waals surface area contributed by atoms with Crippen LogP contribution in [0.5, 0.6) is 0 Å². The molecule has 1 atom stereocenters. The molecule has 2 N–H and O–H groups in total. The third-order valence-electron chi connectivity index (χ3n) is 3.24. The average Bonchev–Trinajstić information content (AvgIpc) is 2.72. The van der Waals surface area contributed by atoms with Crippen LogP contribution in [0.4, 0.5) is 0 Å². The summed E-state index contributed by atoms with van der Waals surface area (Å²) in [7, 11) is 0. The summed E-state index contributed by atoms with van der Waals surface area (Å²) in [4.78, 5) is 13.8. The zero-order valence-electron chi connectivity index (χ0n) is 8.04. The lowest BCUT2D eigenvalue weighted by Crippen LogP contribution is -2.35. The molecule has 1 unspecified atom stereocenters. The molecule has 2 rings (SSSR count). The maximum absolute atomic E-state index is 11.9. The second-order valence-corrected chi connectivity index (χ2v) is 4.31. The van der Waals surface area contributed by atoms with E-state index in [0.29, 0.717) is 11.8 Å². The molecule has 0 aromatic heterocycles. The molecule has 3 heteroatoms. The molecule has 13 heavy (non-hydrogen) atoms. The van der Waals surface area contributed by atoms with E-state index in [1.807, 2.05) is 4.90 Å². The van der Waals surface area contributed by atoms with Crippen LogP contribution < -0.4 is 5.73 Å². The van der Waals surface area contributed by atoms with Crippen LogP contribution in [-0.2, 0) is 4.79 Å². The van der Waals surface area contributed by atoms with Gasteiger partial charge in [-0.25, -0.2) is 0 Å². The second kappa shape index (κ2) is 3.66. The third-order valence-corrected chi connectivity index (χ3v) is 3.24. The first-order chi connectivity index (χ1) is 6.27. The zero-order valence-corrected chi connectivity index (χ0v) is 8.04. The third kappa shape index (κ3) is 1.85. The summed E-state index contributed by atoms with van der Waals surface area (Å²) in [5.41, 5.74) is 5.77. The number of rotatable bonds is 1. The summed E-state index contributed by atoms with van der Waals surface area (Å²) < 4.78 is 0. The van der Waals surface area contributed by atoms with Gasteiger partial charge in [0.05, 0.1) is 0 Å². The Kier molecular flexibility index (Phi) is 2.54. The Morgan fingerprint density at radius 2 is 1.92 bits per heavy atom. The van der Waals surface area contributed by atoms with Crippen molar-refractivity contribution in [3.05, 3.63) is 0 Å². The van der Waals surface area contributed by atoms with E-state index in [1.165, 1.54) is 12.8 Å². The Labute approximate surface area is 79.3 Å². The highest BCUT2D eigenvalue weighted by atomic mass is 16.2. The number of hydrogen-bond acceptors (Lipinski definition) is 2. The Bertz CT molecular complexity index is 199. The fourth-order valence-corrected chi connectivity index (χ4v) is 2.42. The lowest BCUT2D eigenvalue weighted by atomic mass is 10.1. The highest BCUT2D eigenvalue weighted by molar-refractivity contribution is 5.79. The summed E-state index contributed by atoms with van der Waals surface area (Å²) in [6.45, 7) is 1.67. The summed E-state index contributed by atoms with van der Waals surface area (Å²) in [6.07, 6.45) is 5.65. The molecule has 1 saturated carbocycles. The van der Waals surface area contributed by atoms with E-state index in [-0.39, 0.29) is 6.04 Å². The molecule has 1 aliphatic carbocycles. The molecule has 74 valence electrons. The van der Waals surface area contributed by atoms with Crippen molar-refractivity contribution in [1.29, 1.82) is 0 Å². The first kappa shape index (κ1) is 9.00. The molecule has 0 aromatic carbocycles. The fourth-order valence-electron chi connectivity index (χ4n) is 2.42. The van der Waals surface area contributed by atoms with Gasteiger partial charge in [0.1, 0.15) is 0 Å². The van der Waals surface area contributed by atoms with Crippen LogP contribution in [0.25, 0.3) is 0 Å². The van der Waals surface area contributed by atoms with Gasteiger partial charge in [-0.2, -0.15) is 0 Å². The van der Waals surface area contributed by atoms with Crippen LogP contribution in [0, 0.1) is 5.92 Å².